The van der Waals surface area contributed by atoms with Gasteiger partial charge in [0.25, 0.3) is 0 Å². The number of likely N-dealkylation sites (N-methyl/N-ethyl adjacent to an activating group) is 1. The molecule has 2 N–H and O–H groups in total. The summed E-state index contributed by atoms with van der Waals surface area (Å²) in [5, 5.41) is 9.09. The first kappa shape index (κ1) is 16.7. The number of fused-ring (bicyclic) bond motifs is 2. The topological polar surface area (TPSA) is 48.9 Å². The zero-order chi connectivity index (χ0) is 16.2. The van der Waals surface area contributed by atoms with Gasteiger partial charge in [0, 0.05) is 11.4 Å². The van der Waals surface area contributed by atoms with Crippen LogP contribution >= 0.6 is 11.3 Å². The number of hydrogen-bond acceptors (Lipinski definition) is 4. The van der Waals surface area contributed by atoms with E-state index in [0.717, 1.165) is 25.5 Å². The number of thiophene rings is 1. The van der Waals surface area contributed by atoms with Crippen molar-refractivity contribution in [1.82, 2.24) is 15.5 Å². The van der Waals surface area contributed by atoms with E-state index in [1.165, 1.54) is 17.7 Å². The van der Waals surface area contributed by atoms with Gasteiger partial charge in [-0.1, -0.05) is 6.07 Å². The minimum atomic E-state index is 0.321. The van der Waals surface area contributed by atoms with Crippen LogP contribution in [0.15, 0.2) is 22.5 Å². The van der Waals surface area contributed by atoms with E-state index in [0.29, 0.717) is 24.3 Å². The quantitative estimate of drug-likeness (QED) is 0.618. The molecule has 0 radical (unpaired) electrons. The Balaban J connectivity index is 1.63. The fourth-order valence-corrected chi connectivity index (χ4v) is 4.37. The Bertz CT molecular complexity index is 517. The van der Waals surface area contributed by atoms with Crippen molar-refractivity contribution in [1.29, 1.82) is 0 Å². The summed E-state index contributed by atoms with van der Waals surface area (Å²) in [6.45, 7) is 3.74. The van der Waals surface area contributed by atoms with Crippen LogP contribution in [0.25, 0.3) is 0 Å². The number of rotatable bonds is 6. The van der Waals surface area contributed by atoms with Crippen molar-refractivity contribution in [2.24, 2.45) is 4.99 Å². The van der Waals surface area contributed by atoms with Crippen LogP contribution in [0.2, 0.25) is 0 Å². The number of aliphatic imine (C=N–C) groups is 1. The summed E-state index contributed by atoms with van der Waals surface area (Å²) in [4.78, 5) is 8.44. The molecule has 5 nitrogen and oxygen atoms in total. The van der Waals surface area contributed by atoms with Crippen LogP contribution in [0.3, 0.4) is 0 Å². The molecule has 2 aliphatic heterocycles. The monoisotopic (exact) mass is 336 g/mol. The molecule has 1 aromatic rings. The number of guanidine groups is 1. The Morgan fingerprint density at radius 1 is 1.48 bits per heavy atom. The summed E-state index contributed by atoms with van der Waals surface area (Å²) < 4.78 is 5.93. The number of nitrogens with one attached hydrogen (secondary N) is 2. The van der Waals surface area contributed by atoms with Crippen LogP contribution in [0, 0.1) is 0 Å². The van der Waals surface area contributed by atoms with Crippen molar-refractivity contribution < 1.29 is 4.74 Å². The van der Waals surface area contributed by atoms with Crippen molar-refractivity contribution in [3.05, 3.63) is 22.4 Å². The largest absolute Gasteiger partial charge is 0.373 e. The van der Waals surface area contributed by atoms with Crippen LogP contribution in [-0.4, -0.2) is 56.3 Å². The van der Waals surface area contributed by atoms with Crippen LogP contribution < -0.4 is 10.6 Å². The van der Waals surface area contributed by atoms with E-state index in [4.69, 9.17) is 9.73 Å². The van der Waals surface area contributed by atoms with Gasteiger partial charge in [-0.3, -0.25) is 4.99 Å². The lowest BCUT2D eigenvalue weighted by molar-refractivity contribution is 0.0992. The predicted octanol–water partition coefficient (Wildman–Crippen LogP) is 2.23. The van der Waals surface area contributed by atoms with Crippen LogP contribution in [0.1, 0.15) is 37.1 Å². The number of nitrogens with zero attached hydrogens (tertiary/aromatic N) is 2. The van der Waals surface area contributed by atoms with Crippen molar-refractivity contribution in [3.63, 3.8) is 0 Å². The molecule has 4 unspecified atom stereocenters. The Labute approximate surface area is 143 Å². The van der Waals surface area contributed by atoms with E-state index in [-0.39, 0.29) is 0 Å². The molecule has 0 amide bonds. The third kappa shape index (κ3) is 4.05. The molecule has 2 saturated heterocycles. The van der Waals surface area contributed by atoms with Crippen LogP contribution in [0.4, 0.5) is 0 Å². The fourth-order valence-electron chi connectivity index (χ4n) is 3.45. The molecule has 0 saturated carbocycles. The van der Waals surface area contributed by atoms with Gasteiger partial charge in [0.1, 0.15) is 0 Å². The van der Waals surface area contributed by atoms with Gasteiger partial charge in [0.2, 0.25) is 0 Å². The Morgan fingerprint density at radius 3 is 2.91 bits per heavy atom. The van der Waals surface area contributed by atoms with Gasteiger partial charge in [-0.15, -0.1) is 11.3 Å². The molecule has 4 atom stereocenters. The first-order valence-electron chi connectivity index (χ1n) is 8.57. The summed E-state index contributed by atoms with van der Waals surface area (Å²) in [7, 11) is 4.23. The van der Waals surface area contributed by atoms with Crippen molar-refractivity contribution >= 4 is 17.3 Å². The SMILES string of the molecule is CCNC(=NCC(c1cccs1)N(C)C)NC1CC2CCC1O2. The van der Waals surface area contributed by atoms with Crippen molar-refractivity contribution in [3.8, 4) is 0 Å². The normalized spacial score (nSPS) is 28.3. The molecule has 23 heavy (non-hydrogen) atoms. The maximum atomic E-state index is 5.93. The first-order chi connectivity index (χ1) is 11.2. The molecule has 0 aromatic carbocycles. The Morgan fingerprint density at radius 2 is 2.35 bits per heavy atom. The molecule has 3 heterocycles. The van der Waals surface area contributed by atoms with Gasteiger partial charge >= 0.3 is 0 Å². The van der Waals surface area contributed by atoms with E-state index < -0.39 is 0 Å². The summed E-state index contributed by atoms with van der Waals surface area (Å²) in [5.41, 5.74) is 0. The average Bonchev–Trinajstić information content (AvgIpc) is 3.25. The van der Waals surface area contributed by atoms with Crippen LogP contribution in [0.5, 0.6) is 0 Å². The third-order valence-corrected chi connectivity index (χ3v) is 5.66. The van der Waals surface area contributed by atoms with E-state index in [1.54, 1.807) is 11.3 Å². The minimum Gasteiger partial charge on any atom is -0.373 e. The molecular weight excluding hydrogens is 308 g/mol. The standard InChI is InChI=1S/C17H28N4OS/c1-4-18-17(20-13-10-12-7-8-15(13)22-12)19-11-14(21(2)3)16-6-5-9-23-16/h5-6,9,12-15H,4,7-8,10-11H2,1-3H3,(H2,18,19,20). The van der Waals surface area contributed by atoms with Gasteiger partial charge in [-0.05, 0) is 51.7 Å². The maximum absolute atomic E-state index is 5.93. The average molecular weight is 337 g/mol. The molecule has 2 fully saturated rings. The number of ether oxygens (including phenoxy) is 1. The van der Waals surface area contributed by atoms with E-state index in [2.05, 4.69) is 54.1 Å². The summed E-state index contributed by atoms with van der Waals surface area (Å²) in [5.74, 6) is 0.914. The second-order valence-corrected chi connectivity index (χ2v) is 7.55. The van der Waals surface area contributed by atoms with Crippen molar-refractivity contribution in [2.75, 3.05) is 27.2 Å². The highest BCUT2D eigenvalue weighted by Crippen LogP contribution is 2.34. The van der Waals surface area contributed by atoms with E-state index in [1.807, 2.05) is 0 Å². The van der Waals surface area contributed by atoms with E-state index in [9.17, 15) is 0 Å². The molecule has 128 valence electrons. The molecular formula is C17H28N4OS. The third-order valence-electron chi connectivity index (χ3n) is 4.69. The first-order valence-corrected chi connectivity index (χ1v) is 9.45. The van der Waals surface area contributed by atoms with Gasteiger partial charge < -0.3 is 20.3 Å². The second kappa shape index (κ2) is 7.64. The molecule has 0 spiro atoms. The Kier molecular flexibility index (Phi) is 5.56. The molecule has 3 rings (SSSR count). The fraction of sp³-hybridized carbons (Fsp3) is 0.706. The predicted molar refractivity (Wildman–Crippen MR) is 96.2 cm³/mol. The zero-order valence-electron chi connectivity index (χ0n) is 14.3. The second-order valence-electron chi connectivity index (χ2n) is 6.57. The minimum absolute atomic E-state index is 0.321. The number of hydrogen-bond donors (Lipinski definition) is 2. The summed E-state index contributed by atoms with van der Waals surface area (Å²) >= 11 is 1.80. The lowest BCUT2D eigenvalue weighted by Gasteiger charge is -2.25. The van der Waals surface area contributed by atoms with Gasteiger partial charge in [0.15, 0.2) is 5.96 Å². The summed E-state index contributed by atoms with van der Waals surface area (Å²) in [6, 6.07) is 5.03. The van der Waals surface area contributed by atoms with E-state index >= 15 is 0 Å². The Hall–Kier alpha value is -1.11. The van der Waals surface area contributed by atoms with Gasteiger partial charge in [-0.2, -0.15) is 0 Å². The van der Waals surface area contributed by atoms with Crippen molar-refractivity contribution in [2.45, 2.75) is 50.5 Å². The highest BCUT2D eigenvalue weighted by atomic mass is 32.1. The zero-order valence-corrected chi connectivity index (χ0v) is 15.1. The molecule has 1 aromatic heterocycles. The highest BCUT2D eigenvalue weighted by Gasteiger charge is 2.41. The maximum Gasteiger partial charge on any atom is 0.191 e. The molecule has 6 heteroatoms. The van der Waals surface area contributed by atoms with Gasteiger partial charge in [0.05, 0.1) is 30.8 Å². The lowest BCUT2D eigenvalue weighted by atomic mass is 9.96. The van der Waals surface area contributed by atoms with Crippen LogP contribution in [-0.2, 0) is 4.74 Å². The molecule has 2 aliphatic rings. The molecule has 2 bridgehead atoms. The van der Waals surface area contributed by atoms with Gasteiger partial charge in [-0.25, -0.2) is 0 Å². The highest BCUT2D eigenvalue weighted by molar-refractivity contribution is 7.10. The smallest absolute Gasteiger partial charge is 0.191 e. The summed E-state index contributed by atoms with van der Waals surface area (Å²) in [6.07, 6.45) is 4.33. The lowest BCUT2D eigenvalue weighted by Crippen LogP contribution is -2.47. The molecule has 0 aliphatic carbocycles.